The van der Waals surface area contributed by atoms with Crippen molar-refractivity contribution in [3.63, 3.8) is 0 Å². The van der Waals surface area contributed by atoms with Crippen LogP contribution in [0.2, 0.25) is 0 Å². The minimum absolute atomic E-state index is 0.177. The van der Waals surface area contributed by atoms with Crippen molar-refractivity contribution in [1.29, 1.82) is 0 Å². The maximum atomic E-state index is 12.0. The van der Waals surface area contributed by atoms with Gasteiger partial charge in [-0.3, -0.25) is 4.79 Å². The number of rotatable bonds is 5. The molecule has 0 aromatic carbocycles. The third-order valence-corrected chi connectivity index (χ3v) is 5.04. The summed E-state index contributed by atoms with van der Waals surface area (Å²) >= 11 is 1.86. The molecule has 19 heavy (non-hydrogen) atoms. The molecule has 1 aliphatic heterocycles. The van der Waals surface area contributed by atoms with E-state index in [4.69, 9.17) is 9.26 Å². The first-order valence-electron chi connectivity index (χ1n) is 6.60. The van der Waals surface area contributed by atoms with E-state index < -0.39 is 0 Å². The third kappa shape index (κ3) is 2.79. The normalized spacial score (nSPS) is 26.6. The summed E-state index contributed by atoms with van der Waals surface area (Å²) in [5, 5.41) is 6.74. The summed E-state index contributed by atoms with van der Waals surface area (Å²) in [5.74, 6) is 3.15. The van der Waals surface area contributed by atoms with Gasteiger partial charge in [0.15, 0.2) is 5.69 Å². The molecule has 2 heterocycles. The number of carbonyl (C=O) groups excluding carboxylic acids is 1. The van der Waals surface area contributed by atoms with Crippen molar-refractivity contribution in [2.45, 2.75) is 30.8 Å². The van der Waals surface area contributed by atoms with E-state index in [1.54, 1.807) is 13.2 Å². The smallest absolute Gasteiger partial charge is 0.273 e. The van der Waals surface area contributed by atoms with E-state index in [1.807, 2.05) is 11.8 Å². The molecular formula is C13H18N2O3S. The molecule has 2 fully saturated rings. The molecule has 6 heteroatoms. The molecular weight excluding hydrogens is 264 g/mol. The number of methoxy groups -OCH3 is 1. The van der Waals surface area contributed by atoms with E-state index in [0.717, 1.165) is 36.5 Å². The van der Waals surface area contributed by atoms with Gasteiger partial charge in [-0.1, -0.05) is 5.16 Å². The summed E-state index contributed by atoms with van der Waals surface area (Å²) in [5.41, 5.74) is 0.155. The van der Waals surface area contributed by atoms with Crippen LogP contribution in [0.3, 0.4) is 0 Å². The number of hydrogen-bond acceptors (Lipinski definition) is 5. The summed E-state index contributed by atoms with van der Waals surface area (Å²) in [6, 6.07) is 1.76. The topological polar surface area (TPSA) is 64.4 Å². The number of nitrogens with one attached hydrogen (secondary N) is 1. The van der Waals surface area contributed by atoms with E-state index in [1.165, 1.54) is 0 Å². The van der Waals surface area contributed by atoms with Gasteiger partial charge < -0.3 is 14.6 Å². The van der Waals surface area contributed by atoms with Crippen molar-refractivity contribution < 1.29 is 14.1 Å². The Morgan fingerprint density at radius 2 is 2.53 bits per heavy atom. The highest BCUT2D eigenvalue weighted by atomic mass is 32.2. The molecule has 104 valence electrons. The van der Waals surface area contributed by atoms with Crippen LogP contribution >= 0.6 is 11.8 Å². The minimum atomic E-state index is -0.219. The summed E-state index contributed by atoms with van der Waals surface area (Å²) in [7, 11) is 1.71. The predicted molar refractivity (Wildman–Crippen MR) is 72.5 cm³/mol. The van der Waals surface area contributed by atoms with E-state index in [9.17, 15) is 4.79 Å². The van der Waals surface area contributed by atoms with Crippen LogP contribution in [0.25, 0.3) is 0 Å². The Labute approximate surface area is 116 Å². The second-order valence-electron chi connectivity index (χ2n) is 5.26. The standard InChI is InChI=1S/C13H18N2O3S/c1-17-13(4-5-19-8-13)7-14-12(16)10-6-11(18-15-10)9-2-3-9/h6,9H,2-5,7-8H2,1H3,(H,14,16)/t13-/m1/s1. The van der Waals surface area contributed by atoms with Crippen LogP contribution in [0.4, 0.5) is 0 Å². The molecule has 2 aliphatic rings. The number of ether oxygens (including phenoxy) is 1. The second-order valence-corrected chi connectivity index (χ2v) is 6.37. The lowest BCUT2D eigenvalue weighted by Crippen LogP contribution is -2.44. The van der Waals surface area contributed by atoms with Crippen molar-refractivity contribution in [2.24, 2.45) is 0 Å². The number of amides is 1. The summed E-state index contributed by atoms with van der Waals surface area (Å²) in [4.78, 5) is 12.0. The van der Waals surface area contributed by atoms with Crippen molar-refractivity contribution in [1.82, 2.24) is 10.5 Å². The zero-order chi connectivity index (χ0) is 13.3. The molecule has 1 saturated heterocycles. The Bertz CT molecular complexity index is 464. The fraction of sp³-hybridized carbons (Fsp3) is 0.692. The van der Waals surface area contributed by atoms with Gasteiger partial charge in [0.1, 0.15) is 5.76 Å². The number of aromatic nitrogens is 1. The molecule has 1 N–H and O–H groups in total. The maximum Gasteiger partial charge on any atom is 0.273 e. The van der Waals surface area contributed by atoms with Crippen molar-refractivity contribution in [2.75, 3.05) is 25.2 Å². The fourth-order valence-corrected chi connectivity index (χ4v) is 3.65. The molecule has 0 radical (unpaired) electrons. The SMILES string of the molecule is CO[C@@]1(CNC(=O)c2cc(C3CC3)on2)CCSC1. The van der Waals surface area contributed by atoms with Crippen LogP contribution in [0.5, 0.6) is 0 Å². The Kier molecular flexibility index (Phi) is 3.54. The monoisotopic (exact) mass is 282 g/mol. The quantitative estimate of drug-likeness (QED) is 0.892. The van der Waals surface area contributed by atoms with Gasteiger partial charge in [0, 0.05) is 31.4 Å². The van der Waals surface area contributed by atoms with E-state index in [-0.39, 0.29) is 11.5 Å². The third-order valence-electron chi connectivity index (χ3n) is 3.81. The predicted octanol–water partition coefficient (Wildman–Crippen LogP) is 1.80. The molecule has 5 nitrogen and oxygen atoms in total. The van der Waals surface area contributed by atoms with Crippen LogP contribution in [-0.2, 0) is 4.74 Å². The summed E-state index contributed by atoms with van der Waals surface area (Å²) < 4.78 is 10.7. The lowest BCUT2D eigenvalue weighted by Gasteiger charge is -2.26. The fourth-order valence-electron chi connectivity index (χ4n) is 2.25. The Hall–Kier alpha value is -1.01. The molecule has 1 amide bonds. The van der Waals surface area contributed by atoms with Gasteiger partial charge in [0.05, 0.1) is 5.60 Å². The van der Waals surface area contributed by atoms with Gasteiger partial charge in [0.25, 0.3) is 5.91 Å². The first-order chi connectivity index (χ1) is 9.22. The minimum Gasteiger partial charge on any atom is -0.376 e. The molecule has 1 aromatic heterocycles. The van der Waals surface area contributed by atoms with Gasteiger partial charge in [-0.15, -0.1) is 0 Å². The number of hydrogen-bond donors (Lipinski definition) is 1. The first kappa shape index (κ1) is 13.0. The number of thioether (sulfide) groups is 1. The zero-order valence-corrected chi connectivity index (χ0v) is 11.8. The Balaban J connectivity index is 1.57. The van der Waals surface area contributed by atoms with Gasteiger partial charge in [-0.05, 0) is 25.0 Å². The number of nitrogens with zero attached hydrogens (tertiary/aromatic N) is 1. The van der Waals surface area contributed by atoms with Crippen molar-refractivity contribution >= 4 is 17.7 Å². The molecule has 0 unspecified atom stereocenters. The average molecular weight is 282 g/mol. The van der Waals surface area contributed by atoms with Crippen molar-refractivity contribution in [3.05, 3.63) is 17.5 Å². The van der Waals surface area contributed by atoms with Crippen LogP contribution in [-0.4, -0.2) is 41.8 Å². The van der Waals surface area contributed by atoms with Crippen LogP contribution < -0.4 is 5.32 Å². The van der Waals surface area contributed by atoms with Gasteiger partial charge >= 0.3 is 0 Å². The molecule has 1 saturated carbocycles. The van der Waals surface area contributed by atoms with Crippen LogP contribution in [0.1, 0.15) is 41.4 Å². The number of carbonyl (C=O) groups is 1. The molecule has 3 rings (SSSR count). The van der Waals surface area contributed by atoms with E-state index >= 15 is 0 Å². The molecule has 0 spiro atoms. The highest BCUT2D eigenvalue weighted by molar-refractivity contribution is 7.99. The van der Waals surface area contributed by atoms with Gasteiger partial charge in [0.2, 0.25) is 0 Å². The first-order valence-corrected chi connectivity index (χ1v) is 7.76. The van der Waals surface area contributed by atoms with Crippen LogP contribution in [0, 0.1) is 0 Å². The lowest BCUT2D eigenvalue weighted by molar-refractivity contribution is 0.0136. The highest BCUT2D eigenvalue weighted by Crippen LogP contribution is 2.40. The average Bonchev–Trinajstić information content (AvgIpc) is 2.99. The summed E-state index contributed by atoms with van der Waals surface area (Å²) in [6.07, 6.45) is 3.25. The molecule has 0 bridgehead atoms. The lowest BCUT2D eigenvalue weighted by atomic mass is 10.0. The van der Waals surface area contributed by atoms with E-state index in [0.29, 0.717) is 18.2 Å². The highest BCUT2D eigenvalue weighted by Gasteiger charge is 2.35. The molecule has 1 aliphatic carbocycles. The largest absolute Gasteiger partial charge is 0.376 e. The van der Waals surface area contributed by atoms with Crippen molar-refractivity contribution in [3.8, 4) is 0 Å². The van der Waals surface area contributed by atoms with E-state index in [2.05, 4.69) is 10.5 Å². The zero-order valence-electron chi connectivity index (χ0n) is 11.0. The van der Waals surface area contributed by atoms with Gasteiger partial charge in [-0.2, -0.15) is 11.8 Å². The maximum absolute atomic E-state index is 12.0. The van der Waals surface area contributed by atoms with Gasteiger partial charge in [-0.25, -0.2) is 0 Å². The Morgan fingerprint density at radius 3 is 3.16 bits per heavy atom. The Morgan fingerprint density at radius 1 is 1.68 bits per heavy atom. The molecule has 1 atom stereocenters. The summed E-state index contributed by atoms with van der Waals surface area (Å²) in [6.45, 7) is 0.529. The molecule has 1 aromatic rings. The second kappa shape index (κ2) is 5.17. The van der Waals surface area contributed by atoms with Crippen LogP contribution in [0.15, 0.2) is 10.6 Å².